The lowest BCUT2D eigenvalue weighted by Gasteiger charge is -2.11. The van der Waals surface area contributed by atoms with Crippen molar-refractivity contribution in [1.82, 2.24) is 0 Å². The number of nitrogens with one attached hydrogen (secondary N) is 2. The third-order valence-electron chi connectivity index (χ3n) is 3.98. The molecule has 154 valence electrons. The summed E-state index contributed by atoms with van der Waals surface area (Å²) >= 11 is 4.10. The first-order chi connectivity index (χ1) is 14.2. The second-order valence-corrected chi connectivity index (χ2v) is 10.3. The number of anilines is 2. The first-order valence-corrected chi connectivity index (χ1v) is 12.0. The molecule has 1 amide bonds. The smallest absolute Gasteiger partial charge is 0.337 e. The Labute approximate surface area is 200 Å². The average Bonchev–Trinajstić information content (AvgIpc) is 2.71. The van der Waals surface area contributed by atoms with Crippen molar-refractivity contribution in [2.45, 2.75) is 4.90 Å². The molecular weight excluding hydrogens is 634 g/mol. The van der Waals surface area contributed by atoms with Gasteiger partial charge in [0.2, 0.25) is 0 Å². The molecule has 10 heteroatoms. The summed E-state index contributed by atoms with van der Waals surface area (Å²) in [5.41, 5.74) is 0.747. The number of carboxylic acids is 1. The molecule has 0 fully saturated rings. The fourth-order valence-corrected chi connectivity index (χ4v) is 4.42. The van der Waals surface area contributed by atoms with Gasteiger partial charge in [0.05, 0.1) is 16.1 Å². The molecule has 0 heterocycles. The zero-order valence-corrected chi connectivity index (χ0v) is 20.2. The molecule has 0 radical (unpaired) electrons. The van der Waals surface area contributed by atoms with Crippen LogP contribution < -0.4 is 10.0 Å². The van der Waals surface area contributed by atoms with Crippen LogP contribution in [-0.4, -0.2) is 25.4 Å². The lowest BCUT2D eigenvalue weighted by Crippen LogP contribution is -2.16. The van der Waals surface area contributed by atoms with E-state index >= 15 is 0 Å². The number of halogens is 2. The van der Waals surface area contributed by atoms with Gasteiger partial charge in [-0.1, -0.05) is 0 Å². The number of hydrogen-bond donors (Lipinski definition) is 3. The third-order valence-corrected chi connectivity index (χ3v) is 6.77. The highest BCUT2D eigenvalue weighted by molar-refractivity contribution is 14.1. The summed E-state index contributed by atoms with van der Waals surface area (Å²) in [6.07, 6.45) is 0. The second kappa shape index (κ2) is 9.31. The Bertz CT molecular complexity index is 1210. The third kappa shape index (κ3) is 5.49. The van der Waals surface area contributed by atoms with Gasteiger partial charge in [-0.25, -0.2) is 13.2 Å². The number of carboxylic acid groups (broad SMARTS) is 1. The minimum Gasteiger partial charge on any atom is -0.478 e. The van der Waals surface area contributed by atoms with Gasteiger partial charge in [0.25, 0.3) is 15.9 Å². The fourth-order valence-electron chi connectivity index (χ4n) is 2.51. The first kappa shape index (κ1) is 22.5. The quantitative estimate of drug-likeness (QED) is 0.338. The van der Waals surface area contributed by atoms with E-state index in [0.29, 0.717) is 5.69 Å². The van der Waals surface area contributed by atoms with E-state index in [2.05, 4.69) is 32.6 Å². The van der Waals surface area contributed by atoms with Crippen LogP contribution in [-0.2, 0) is 10.0 Å². The van der Waals surface area contributed by atoms with E-state index in [1.165, 1.54) is 36.4 Å². The largest absolute Gasteiger partial charge is 0.478 e. The van der Waals surface area contributed by atoms with E-state index in [9.17, 15) is 23.1 Å². The summed E-state index contributed by atoms with van der Waals surface area (Å²) in [5.74, 6) is -1.71. The lowest BCUT2D eigenvalue weighted by atomic mass is 10.1. The first-order valence-electron chi connectivity index (χ1n) is 8.38. The average molecular weight is 648 g/mol. The molecule has 3 aromatic rings. The van der Waals surface area contributed by atoms with E-state index in [0.717, 1.165) is 7.14 Å². The molecule has 0 spiro atoms. The minimum absolute atomic E-state index is 0.00177. The highest BCUT2D eigenvalue weighted by Gasteiger charge is 2.17. The van der Waals surface area contributed by atoms with Crippen LogP contribution in [0, 0.1) is 7.14 Å². The van der Waals surface area contributed by atoms with Crippen LogP contribution in [0.15, 0.2) is 71.6 Å². The summed E-state index contributed by atoms with van der Waals surface area (Å²) in [7, 11) is -3.81. The number of aromatic carboxylic acids is 1. The van der Waals surface area contributed by atoms with Crippen LogP contribution in [0.3, 0.4) is 0 Å². The molecule has 3 N–H and O–H groups in total. The summed E-state index contributed by atoms with van der Waals surface area (Å²) in [5, 5.41) is 11.9. The Morgan fingerprint density at radius 1 is 0.833 bits per heavy atom. The molecule has 0 aliphatic heterocycles. The van der Waals surface area contributed by atoms with Crippen LogP contribution >= 0.6 is 45.2 Å². The number of hydrogen-bond acceptors (Lipinski definition) is 4. The molecule has 3 rings (SSSR count). The topological polar surface area (TPSA) is 113 Å². The van der Waals surface area contributed by atoms with Gasteiger partial charge in [0.15, 0.2) is 0 Å². The van der Waals surface area contributed by atoms with Gasteiger partial charge in [-0.2, -0.15) is 0 Å². The summed E-state index contributed by atoms with van der Waals surface area (Å²) in [4.78, 5) is 23.9. The predicted molar refractivity (Wildman–Crippen MR) is 130 cm³/mol. The zero-order chi connectivity index (χ0) is 21.9. The van der Waals surface area contributed by atoms with Gasteiger partial charge in [-0.3, -0.25) is 9.52 Å². The molecule has 0 aromatic heterocycles. The highest BCUT2D eigenvalue weighted by Crippen LogP contribution is 2.21. The molecular formula is C20H14I2N2O5S. The molecule has 0 unspecified atom stereocenters. The molecule has 0 saturated carbocycles. The van der Waals surface area contributed by atoms with Crippen molar-refractivity contribution in [3.63, 3.8) is 0 Å². The molecule has 0 bridgehead atoms. The van der Waals surface area contributed by atoms with Crippen LogP contribution in [0.1, 0.15) is 20.7 Å². The number of sulfonamides is 1. The minimum atomic E-state index is -3.81. The van der Waals surface area contributed by atoms with Crippen LogP contribution in [0.5, 0.6) is 0 Å². The number of rotatable bonds is 6. The van der Waals surface area contributed by atoms with Gasteiger partial charge < -0.3 is 10.4 Å². The van der Waals surface area contributed by atoms with Crippen molar-refractivity contribution in [1.29, 1.82) is 0 Å². The van der Waals surface area contributed by atoms with Crippen molar-refractivity contribution in [3.8, 4) is 0 Å². The molecule has 0 atom stereocenters. The van der Waals surface area contributed by atoms with Crippen molar-refractivity contribution in [2.75, 3.05) is 10.0 Å². The fraction of sp³-hybridized carbons (Fsp3) is 0. The van der Waals surface area contributed by atoms with E-state index in [4.69, 9.17) is 0 Å². The van der Waals surface area contributed by atoms with E-state index in [1.54, 1.807) is 30.3 Å². The van der Waals surface area contributed by atoms with Gasteiger partial charge in [0.1, 0.15) is 0 Å². The second-order valence-electron chi connectivity index (χ2n) is 6.09. The van der Waals surface area contributed by atoms with Gasteiger partial charge in [-0.15, -0.1) is 0 Å². The van der Waals surface area contributed by atoms with E-state index < -0.39 is 21.9 Å². The SMILES string of the molecule is O=C(Nc1ccc(I)cc1C(=O)O)c1ccc(S(=O)(=O)Nc2ccc(I)cc2)cc1. The Kier molecular flexibility index (Phi) is 6.98. The highest BCUT2D eigenvalue weighted by atomic mass is 127. The number of carbonyl (C=O) groups excluding carboxylic acids is 1. The summed E-state index contributed by atoms with van der Waals surface area (Å²) in [6.45, 7) is 0. The van der Waals surface area contributed by atoms with Crippen LogP contribution in [0.4, 0.5) is 11.4 Å². The zero-order valence-electron chi connectivity index (χ0n) is 15.1. The Morgan fingerprint density at radius 2 is 1.43 bits per heavy atom. The lowest BCUT2D eigenvalue weighted by molar-refractivity contribution is 0.0698. The van der Waals surface area contributed by atoms with Gasteiger partial charge in [0, 0.05) is 18.4 Å². The van der Waals surface area contributed by atoms with Gasteiger partial charge in [-0.05, 0) is 112 Å². The maximum Gasteiger partial charge on any atom is 0.337 e. The van der Waals surface area contributed by atoms with Crippen LogP contribution in [0.25, 0.3) is 0 Å². The maximum absolute atomic E-state index is 12.5. The molecule has 0 aliphatic rings. The molecule has 30 heavy (non-hydrogen) atoms. The summed E-state index contributed by atoms with van der Waals surface area (Å²) in [6, 6.07) is 16.9. The number of amides is 1. The van der Waals surface area contributed by atoms with Gasteiger partial charge >= 0.3 is 5.97 Å². The van der Waals surface area contributed by atoms with Crippen molar-refractivity contribution < 1.29 is 23.1 Å². The predicted octanol–water partition coefficient (Wildman–Crippen LogP) is 4.65. The molecule has 3 aromatic carbocycles. The Hall–Kier alpha value is -2.19. The van der Waals surface area contributed by atoms with Crippen molar-refractivity contribution in [3.05, 3.63) is 85.0 Å². The number of carbonyl (C=O) groups is 2. The van der Waals surface area contributed by atoms with E-state index in [-0.39, 0.29) is 21.7 Å². The summed E-state index contributed by atoms with van der Waals surface area (Å²) < 4.78 is 29.2. The molecule has 0 saturated heterocycles. The molecule has 7 nitrogen and oxygen atoms in total. The number of benzene rings is 3. The Morgan fingerprint density at radius 3 is 2.03 bits per heavy atom. The standard InChI is InChI=1S/C20H14I2N2O5S/c21-13-3-6-15(7-4-13)24-30(28,29)16-8-1-12(2-9-16)19(25)23-18-10-5-14(22)11-17(18)20(26)27/h1-11,24H,(H,23,25)(H,26,27). The van der Waals surface area contributed by atoms with Crippen molar-refractivity contribution >= 4 is 78.5 Å². The Balaban J connectivity index is 1.77. The monoisotopic (exact) mass is 648 g/mol. The van der Waals surface area contributed by atoms with Crippen molar-refractivity contribution in [2.24, 2.45) is 0 Å². The van der Waals surface area contributed by atoms with E-state index in [1.807, 2.05) is 22.6 Å². The normalized spacial score (nSPS) is 11.0. The molecule has 0 aliphatic carbocycles. The maximum atomic E-state index is 12.5. The van der Waals surface area contributed by atoms with Crippen LogP contribution in [0.2, 0.25) is 0 Å².